The number of hydrogen-bond acceptors (Lipinski definition) is 4. The maximum absolute atomic E-state index is 13.3. The van der Waals surface area contributed by atoms with E-state index in [1.165, 1.54) is 4.90 Å². The van der Waals surface area contributed by atoms with Crippen LogP contribution in [-0.2, 0) is 15.0 Å². The first kappa shape index (κ1) is 23.8. The Bertz CT molecular complexity index is 1270. The number of Topliss-reactive ketones (excluding diaryl/α,β-unsaturated/α-hetero) is 1. The van der Waals surface area contributed by atoms with Crippen molar-refractivity contribution in [1.82, 2.24) is 0 Å². The molecule has 1 N–H and O–H groups in total. The number of aliphatic hydroxyl groups is 1. The highest BCUT2D eigenvalue weighted by atomic mass is 79.9. The molecule has 0 spiro atoms. The molecule has 6 heteroatoms. The zero-order valence-electron chi connectivity index (χ0n) is 19.5. The van der Waals surface area contributed by atoms with Crippen molar-refractivity contribution in [1.29, 1.82) is 0 Å². The van der Waals surface area contributed by atoms with Gasteiger partial charge in [0.2, 0.25) is 0 Å². The molecule has 0 aromatic heterocycles. The molecule has 34 heavy (non-hydrogen) atoms. The second-order valence-electron chi connectivity index (χ2n) is 9.25. The third-order valence-corrected chi connectivity index (χ3v) is 6.51. The number of halogens is 1. The molecule has 174 valence electrons. The lowest BCUT2D eigenvalue weighted by molar-refractivity contribution is -0.132. The predicted octanol–water partition coefficient (Wildman–Crippen LogP) is 6.38. The predicted molar refractivity (Wildman–Crippen MR) is 137 cm³/mol. The van der Waals surface area contributed by atoms with Crippen molar-refractivity contribution in [2.75, 3.05) is 12.0 Å². The van der Waals surface area contributed by atoms with Gasteiger partial charge in [0.05, 0.1) is 18.7 Å². The van der Waals surface area contributed by atoms with Crippen LogP contribution >= 0.6 is 15.9 Å². The Balaban J connectivity index is 1.93. The first-order valence-electron chi connectivity index (χ1n) is 10.9. The summed E-state index contributed by atoms with van der Waals surface area (Å²) in [5.74, 6) is -1.07. The van der Waals surface area contributed by atoms with Gasteiger partial charge in [-0.05, 0) is 40.8 Å². The first-order valence-corrected chi connectivity index (χ1v) is 11.7. The lowest BCUT2D eigenvalue weighted by atomic mass is 9.85. The maximum Gasteiger partial charge on any atom is 0.300 e. The molecule has 1 unspecified atom stereocenters. The molecule has 3 aromatic carbocycles. The number of amides is 1. The highest BCUT2D eigenvalue weighted by Gasteiger charge is 2.47. The van der Waals surface area contributed by atoms with E-state index in [4.69, 9.17) is 4.74 Å². The summed E-state index contributed by atoms with van der Waals surface area (Å²) >= 11 is 3.39. The molecule has 1 fully saturated rings. The van der Waals surface area contributed by atoms with E-state index in [0.717, 1.165) is 15.6 Å². The number of methoxy groups -OCH3 is 1. The largest absolute Gasteiger partial charge is 0.507 e. The normalized spacial score (nSPS) is 17.8. The average molecular weight is 520 g/mol. The number of benzene rings is 3. The maximum atomic E-state index is 13.3. The Labute approximate surface area is 207 Å². The molecule has 3 aromatic rings. The van der Waals surface area contributed by atoms with Crippen molar-refractivity contribution in [3.63, 3.8) is 0 Å². The molecule has 5 nitrogen and oxygen atoms in total. The van der Waals surface area contributed by atoms with Gasteiger partial charge < -0.3 is 9.84 Å². The van der Waals surface area contributed by atoms with Crippen molar-refractivity contribution in [3.05, 3.63) is 99.5 Å². The van der Waals surface area contributed by atoms with E-state index in [1.54, 1.807) is 55.6 Å². The van der Waals surface area contributed by atoms with Crippen LogP contribution < -0.4 is 9.64 Å². The van der Waals surface area contributed by atoms with Gasteiger partial charge in [0.1, 0.15) is 11.5 Å². The van der Waals surface area contributed by atoms with Crippen LogP contribution in [0.2, 0.25) is 0 Å². The van der Waals surface area contributed by atoms with Gasteiger partial charge in [-0.25, -0.2) is 0 Å². The molecule has 1 aliphatic heterocycles. The van der Waals surface area contributed by atoms with Crippen LogP contribution in [0.5, 0.6) is 5.75 Å². The average Bonchev–Trinajstić information content (AvgIpc) is 3.09. The van der Waals surface area contributed by atoms with Gasteiger partial charge in [0.25, 0.3) is 11.7 Å². The molecule has 0 radical (unpaired) electrons. The van der Waals surface area contributed by atoms with Crippen molar-refractivity contribution in [2.45, 2.75) is 32.2 Å². The molecule has 4 rings (SSSR count). The fourth-order valence-corrected chi connectivity index (χ4v) is 4.37. The van der Waals surface area contributed by atoms with E-state index in [9.17, 15) is 14.7 Å². The van der Waals surface area contributed by atoms with Crippen LogP contribution in [0.15, 0.2) is 82.8 Å². The van der Waals surface area contributed by atoms with Gasteiger partial charge in [0, 0.05) is 21.8 Å². The zero-order chi connectivity index (χ0) is 24.6. The van der Waals surface area contributed by atoms with E-state index in [0.29, 0.717) is 17.0 Å². The second-order valence-corrected chi connectivity index (χ2v) is 10.2. The van der Waals surface area contributed by atoms with Crippen molar-refractivity contribution in [3.8, 4) is 5.75 Å². The van der Waals surface area contributed by atoms with E-state index >= 15 is 0 Å². The molecule has 1 saturated heterocycles. The van der Waals surface area contributed by atoms with Gasteiger partial charge >= 0.3 is 0 Å². The van der Waals surface area contributed by atoms with Crippen LogP contribution in [-0.4, -0.2) is 23.9 Å². The summed E-state index contributed by atoms with van der Waals surface area (Å²) in [4.78, 5) is 28.0. The molecule has 1 aliphatic rings. The Morgan fingerprint density at radius 2 is 1.62 bits per heavy atom. The summed E-state index contributed by atoms with van der Waals surface area (Å²) in [5.41, 5.74) is 2.84. The summed E-state index contributed by atoms with van der Waals surface area (Å²) in [7, 11) is 1.55. The molecule has 1 amide bonds. The van der Waals surface area contributed by atoms with Gasteiger partial charge in [-0.1, -0.05) is 79.2 Å². The number of nitrogens with zero attached hydrogens (tertiary/aromatic N) is 1. The standard InChI is InChI=1S/C28H26BrNO4/c1-28(2,3)19-12-8-17(9-13-19)24-23(25(31)18-10-14-20(29)15-11-18)26(32)27(33)30(24)21-6-5-7-22(16-21)34-4/h5-16,24,31H,1-4H3/b25-23+. The van der Waals surface area contributed by atoms with Crippen LogP contribution in [0.1, 0.15) is 43.5 Å². The van der Waals surface area contributed by atoms with Crippen LogP contribution in [0.4, 0.5) is 5.69 Å². The number of anilines is 1. The summed E-state index contributed by atoms with van der Waals surface area (Å²) < 4.78 is 6.18. The smallest absolute Gasteiger partial charge is 0.300 e. The topological polar surface area (TPSA) is 66.8 Å². The van der Waals surface area contributed by atoms with Crippen LogP contribution in [0.25, 0.3) is 5.76 Å². The third-order valence-electron chi connectivity index (χ3n) is 5.99. The van der Waals surface area contributed by atoms with Gasteiger partial charge in [-0.2, -0.15) is 0 Å². The quantitative estimate of drug-likeness (QED) is 0.246. The number of ketones is 1. The van der Waals surface area contributed by atoms with Gasteiger partial charge in [-0.3, -0.25) is 14.5 Å². The minimum absolute atomic E-state index is 0.0510. The minimum Gasteiger partial charge on any atom is -0.507 e. The third kappa shape index (κ3) is 4.38. The molecule has 0 bridgehead atoms. The Hall–Kier alpha value is -3.38. The van der Waals surface area contributed by atoms with Crippen molar-refractivity contribution in [2.24, 2.45) is 0 Å². The molecule has 1 heterocycles. The van der Waals surface area contributed by atoms with E-state index in [1.807, 2.05) is 24.3 Å². The minimum atomic E-state index is -0.787. The summed E-state index contributed by atoms with van der Waals surface area (Å²) in [6.45, 7) is 6.37. The zero-order valence-corrected chi connectivity index (χ0v) is 21.1. The van der Waals surface area contributed by atoms with Crippen LogP contribution in [0, 0.1) is 0 Å². The highest BCUT2D eigenvalue weighted by Crippen LogP contribution is 2.43. The fraction of sp³-hybridized carbons (Fsp3) is 0.214. The SMILES string of the molecule is COc1cccc(N2C(=O)C(=O)/C(=C(/O)c3ccc(Br)cc3)C2c2ccc(C(C)(C)C)cc2)c1. The lowest BCUT2D eigenvalue weighted by Gasteiger charge is -2.27. The second kappa shape index (κ2) is 9.11. The fourth-order valence-electron chi connectivity index (χ4n) is 4.10. The number of carbonyl (C=O) groups excluding carboxylic acids is 2. The number of carbonyl (C=O) groups is 2. The molecule has 0 aliphatic carbocycles. The van der Waals surface area contributed by atoms with E-state index in [2.05, 4.69) is 36.7 Å². The van der Waals surface area contributed by atoms with E-state index < -0.39 is 17.7 Å². The summed E-state index contributed by atoms with van der Waals surface area (Å²) in [6.07, 6.45) is 0. The molecule has 1 atom stereocenters. The summed E-state index contributed by atoms with van der Waals surface area (Å²) in [6, 6.07) is 21.0. The van der Waals surface area contributed by atoms with Gasteiger partial charge in [-0.15, -0.1) is 0 Å². The first-order chi connectivity index (χ1) is 16.1. The summed E-state index contributed by atoms with van der Waals surface area (Å²) in [5, 5.41) is 11.2. The van der Waals surface area contributed by atoms with Crippen molar-refractivity contribution < 1.29 is 19.4 Å². The highest BCUT2D eigenvalue weighted by molar-refractivity contribution is 9.10. The van der Waals surface area contributed by atoms with E-state index in [-0.39, 0.29) is 16.7 Å². The van der Waals surface area contributed by atoms with Crippen molar-refractivity contribution >= 4 is 39.1 Å². The number of hydrogen-bond donors (Lipinski definition) is 1. The molecular formula is C28H26BrNO4. The number of ether oxygens (including phenoxy) is 1. The molecule has 0 saturated carbocycles. The number of aliphatic hydroxyl groups excluding tert-OH is 1. The van der Waals surface area contributed by atoms with Gasteiger partial charge in [0.15, 0.2) is 0 Å². The Morgan fingerprint density at radius 1 is 0.971 bits per heavy atom. The Morgan fingerprint density at radius 3 is 2.21 bits per heavy atom. The lowest BCUT2D eigenvalue weighted by Crippen LogP contribution is -2.29. The molecular weight excluding hydrogens is 494 g/mol. The Kier molecular flexibility index (Phi) is 6.36. The number of rotatable bonds is 4. The van der Waals surface area contributed by atoms with Crippen LogP contribution in [0.3, 0.4) is 0 Å². The monoisotopic (exact) mass is 519 g/mol.